The van der Waals surface area contributed by atoms with Crippen LogP contribution in [0.15, 0.2) is 42.6 Å². The number of piperidine rings is 1. The van der Waals surface area contributed by atoms with E-state index in [1.807, 2.05) is 19.1 Å². The number of anilines is 2. The number of pyridine rings is 1. The van der Waals surface area contributed by atoms with Crippen molar-refractivity contribution in [1.29, 1.82) is 5.26 Å². The Hall–Kier alpha value is -3.79. The Morgan fingerprint density at radius 3 is 2.44 bits per heavy atom. The number of ether oxygens (including phenoxy) is 2. The average Bonchev–Trinajstić information content (AvgIpc) is 2.82. The van der Waals surface area contributed by atoms with Crippen LogP contribution in [0.5, 0.6) is 11.5 Å². The van der Waals surface area contributed by atoms with Gasteiger partial charge in [0, 0.05) is 54.5 Å². The van der Waals surface area contributed by atoms with E-state index < -0.39 is 0 Å². The lowest BCUT2D eigenvalue weighted by molar-refractivity contribution is -0.120. The Labute approximate surface area is 187 Å². The van der Waals surface area contributed by atoms with Crippen LogP contribution in [0, 0.1) is 24.2 Å². The van der Waals surface area contributed by atoms with Crippen LogP contribution in [0.1, 0.15) is 24.0 Å². The molecule has 7 nitrogen and oxygen atoms in total. The number of hydrogen-bond donors (Lipinski definition) is 1. The number of amides is 1. The van der Waals surface area contributed by atoms with Gasteiger partial charge in [-0.2, -0.15) is 5.26 Å². The smallest absolute Gasteiger partial charge is 0.227 e. The van der Waals surface area contributed by atoms with E-state index in [4.69, 9.17) is 9.47 Å². The van der Waals surface area contributed by atoms with Gasteiger partial charge >= 0.3 is 0 Å². The summed E-state index contributed by atoms with van der Waals surface area (Å²) in [5.74, 6) is 1.12. The van der Waals surface area contributed by atoms with Gasteiger partial charge in [0.25, 0.3) is 0 Å². The molecule has 2 aromatic carbocycles. The monoisotopic (exact) mass is 430 g/mol. The second-order valence-electron chi connectivity index (χ2n) is 8.00. The van der Waals surface area contributed by atoms with Crippen LogP contribution in [-0.2, 0) is 4.79 Å². The van der Waals surface area contributed by atoms with Gasteiger partial charge in [-0.25, -0.2) is 0 Å². The van der Waals surface area contributed by atoms with Gasteiger partial charge in [-0.05, 0) is 31.9 Å². The summed E-state index contributed by atoms with van der Waals surface area (Å²) in [6.07, 6.45) is 3.04. The molecule has 32 heavy (non-hydrogen) atoms. The number of carbonyl (C=O) groups is 1. The molecule has 0 aliphatic carbocycles. The fourth-order valence-electron chi connectivity index (χ4n) is 4.20. The number of carbonyl (C=O) groups excluding carboxylic acids is 1. The molecule has 0 saturated carbocycles. The largest absolute Gasteiger partial charge is 0.497 e. The summed E-state index contributed by atoms with van der Waals surface area (Å²) < 4.78 is 10.6. The number of nitrogens with one attached hydrogen (secondary N) is 1. The van der Waals surface area contributed by atoms with E-state index >= 15 is 0 Å². The Kier molecular flexibility index (Phi) is 6.13. The van der Waals surface area contributed by atoms with Crippen molar-refractivity contribution in [2.24, 2.45) is 5.92 Å². The molecule has 7 heteroatoms. The molecule has 1 fully saturated rings. The second kappa shape index (κ2) is 9.15. The first-order chi connectivity index (χ1) is 15.5. The van der Waals surface area contributed by atoms with Gasteiger partial charge in [-0.15, -0.1) is 0 Å². The minimum atomic E-state index is -0.108. The first kappa shape index (κ1) is 21.4. The molecular formula is C25H26N4O3. The molecule has 1 saturated heterocycles. The maximum absolute atomic E-state index is 12.9. The number of aryl methyl sites for hydroxylation is 1. The van der Waals surface area contributed by atoms with Crippen molar-refractivity contribution in [3.63, 3.8) is 0 Å². The van der Waals surface area contributed by atoms with Crippen molar-refractivity contribution in [3.05, 3.63) is 53.7 Å². The van der Waals surface area contributed by atoms with Crippen LogP contribution in [0.25, 0.3) is 10.9 Å². The van der Waals surface area contributed by atoms with Crippen LogP contribution in [-0.4, -0.2) is 38.2 Å². The highest BCUT2D eigenvalue weighted by atomic mass is 16.5. The zero-order valence-electron chi connectivity index (χ0n) is 18.5. The van der Waals surface area contributed by atoms with Crippen molar-refractivity contribution >= 4 is 28.2 Å². The van der Waals surface area contributed by atoms with Crippen LogP contribution in [0.4, 0.5) is 11.4 Å². The number of aromatic nitrogens is 1. The SMILES string of the molecule is COc1cc(NC(=O)C2CCN(c3c(C#N)cnc4ccc(C)cc34)CC2)cc(OC)c1. The van der Waals surface area contributed by atoms with E-state index in [1.54, 1.807) is 38.6 Å². The fourth-order valence-corrected chi connectivity index (χ4v) is 4.20. The molecule has 0 unspecified atom stereocenters. The standard InChI is InChI=1S/C25H26N4O3/c1-16-4-5-23-22(10-16)24(18(14-26)15-27-23)29-8-6-17(7-9-29)25(30)28-19-11-20(31-2)13-21(12-19)32-3/h4-5,10-13,15,17H,6-9H2,1-3H3,(H,28,30). The third kappa shape index (κ3) is 4.30. The van der Waals surface area contributed by atoms with E-state index in [0.29, 0.717) is 48.7 Å². The molecular weight excluding hydrogens is 404 g/mol. The van der Waals surface area contributed by atoms with Gasteiger partial charge < -0.3 is 19.7 Å². The summed E-state index contributed by atoms with van der Waals surface area (Å²) in [6, 6.07) is 13.7. The molecule has 164 valence electrons. The number of nitrogens with zero attached hydrogens (tertiary/aromatic N) is 3. The van der Waals surface area contributed by atoms with Crippen LogP contribution < -0.4 is 19.7 Å². The maximum atomic E-state index is 12.9. The van der Waals surface area contributed by atoms with E-state index in [0.717, 1.165) is 22.2 Å². The first-order valence-corrected chi connectivity index (χ1v) is 10.6. The quantitative estimate of drug-likeness (QED) is 0.650. The van der Waals surface area contributed by atoms with E-state index in [9.17, 15) is 10.1 Å². The number of hydrogen-bond acceptors (Lipinski definition) is 6. The summed E-state index contributed by atoms with van der Waals surface area (Å²) in [5, 5.41) is 13.6. The molecule has 0 atom stereocenters. The summed E-state index contributed by atoms with van der Waals surface area (Å²) >= 11 is 0. The lowest BCUT2D eigenvalue weighted by Gasteiger charge is -2.34. The van der Waals surface area contributed by atoms with Gasteiger partial charge in [0.2, 0.25) is 5.91 Å². The van der Waals surface area contributed by atoms with Gasteiger partial charge in [0.05, 0.1) is 31.0 Å². The highest BCUT2D eigenvalue weighted by Crippen LogP contribution is 2.33. The highest BCUT2D eigenvalue weighted by Gasteiger charge is 2.27. The van der Waals surface area contributed by atoms with Gasteiger partial charge in [0.1, 0.15) is 17.6 Å². The first-order valence-electron chi connectivity index (χ1n) is 10.6. The Morgan fingerprint density at radius 2 is 1.81 bits per heavy atom. The van der Waals surface area contributed by atoms with Gasteiger partial charge in [0.15, 0.2) is 0 Å². The molecule has 4 rings (SSSR count). The summed E-state index contributed by atoms with van der Waals surface area (Å²) in [5.41, 5.74) is 4.12. The maximum Gasteiger partial charge on any atom is 0.227 e. The predicted molar refractivity (Wildman–Crippen MR) is 124 cm³/mol. The minimum Gasteiger partial charge on any atom is -0.497 e. The number of rotatable bonds is 5. The Balaban J connectivity index is 1.50. The molecule has 2 heterocycles. The number of benzene rings is 2. The van der Waals surface area contributed by atoms with E-state index in [1.165, 1.54) is 0 Å². The second-order valence-corrected chi connectivity index (χ2v) is 8.00. The molecule has 0 bridgehead atoms. The van der Waals surface area contributed by atoms with Crippen molar-refractivity contribution in [2.75, 3.05) is 37.5 Å². The molecule has 1 aromatic heterocycles. The summed E-state index contributed by atoms with van der Waals surface area (Å²) in [7, 11) is 3.16. The molecule has 1 aliphatic heterocycles. The number of nitriles is 1. The van der Waals surface area contributed by atoms with Gasteiger partial charge in [-0.3, -0.25) is 9.78 Å². The van der Waals surface area contributed by atoms with Crippen LogP contribution >= 0.6 is 0 Å². The lowest BCUT2D eigenvalue weighted by Crippen LogP contribution is -2.38. The molecule has 1 N–H and O–H groups in total. The zero-order valence-corrected chi connectivity index (χ0v) is 18.5. The average molecular weight is 431 g/mol. The number of methoxy groups -OCH3 is 2. The normalized spacial score (nSPS) is 14.1. The zero-order chi connectivity index (χ0) is 22.7. The van der Waals surface area contributed by atoms with Crippen LogP contribution in [0.2, 0.25) is 0 Å². The van der Waals surface area contributed by atoms with Crippen molar-refractivity contribution in [3.8, 4) is 17.6 Å². The van der Waals surface area contributed by atoms with Crippen molar-refractivity contribution in [2.45, 2.75) is 19.8 Å². The van der Waals surface area contributed by atoms with E-state index in [-0.39, 0.29) is 11.8 Å². The highest BCUT2D eigenvalue weighted by molar-refractivity contribution is 5.96. The fraction of sp³-hybridized carbons (Fsp3) is 0.320. The molecule has 1 amide bonds. The Bertz CT molecular complexity index is 1170. The van der Waals surface area contributed by atoms with Crippen LogP contribution in [0.3, 0.4) is 0 Å². The number of fused-ring (bicyclic) bond motifs is 1. The third-order valence-corrected chi connectivity index (χ3v) is 5.92. The third-order valence-electron chi connectivity index (χ3n) is 5.92. The molecule has 3 aromatic rings. The predicted octanol–water partition coefficient (Wildman–Crippen LogP) is 4.29. The minimum absolute atomic E-state index is 0.0177. The molecule has 1 aliphatic rings. The van der Waals surface area contributed by atoms with E-state index in [2.05, 4.69) is 27.3 Å². The molecule has 0 radical (unpaired) electrons. The van der Waals surface area contributed by atoms with Crippen molar-refractivity contribution < 1.29 is 14.3 Å². The van der Waals surface area contributed by atoms with Gasteiger partial charge in [-0.1, -0.05) is 11.6 Å². The lowest BCUT2D eigenvalue weighted by atomic mass is 9.94. The Morgan fingerprint density at radius 1 is 1.12 bits per heavy atom. The summed E-state index contributed by atoms with van der Waals surface area (Å²) in [4.78, 5) is 19.6. The topological polar surface area (TPSA) is 87.5 Å². The summed E-state index contributed by atoms with van der Waals surface area (Å²) in [6.45, 7) is 3.43. The molecule has 0 spiro atoms. The van der Waals surface area contributed by atoms with Crippen molar-refractivity contribution in [1.82, 2.24) is 4.98 Å².